The maximum atomic E-state index is 2.55. The molecular formula is C38H22N2. The van der Waals surface area contributed by atoms with E-state index in [0.29, 0.717) is 0 Å². The van der Waals surface area contributed by atoms with Crippen LogP contribution >= 0.6 is 0 Å². The van der Waals surface area contributed by atoms with Crippen LogP contribution < -0.4 is 0 Å². The van der Waals surface area contributed by atoms with E-state index in [4.69, 9.17) is 0 Å². The van der Waals surface area contributed by atoms with Crippen molar-refractivity contribution in [2.24, 2.45) is 0 Å². The van der Waals surface area contributed by atoms with Gasteiger partial charge in [-0.2, -0.15) is 0 Å². The lowest BCUT2D eigenvalue weighted by molar-refractivity contribution is 1.30. The fourth-order valence-electron chi connectivity index (χ4n) is 7.44. The zero-order valence-corrected chi connectivity index (χ0v) is 21.6. The Balaban J connectivity index is 1.74. The summed E-state index contributed by atoms with van der Waals surface area (Å²) >= 11 is 0. The molecule has 10 aromatic rings. The van der Waals surface area contributed by atoms with Gasteiger partial charge in [-0.05, 0) is 51.9 Å². The van der Waals surface area contributed by atoms with Crippen molar-refractivity contribution >= 4 is 87.0 Å². The van der Waals surface area contributed by atoms with Gasteiger partial charge in [0.05, 0.1) is 33.1 Å². The highest BCUT2D eigenvalue weighted by molar-refractivity contribution is 6.32. The number of benzene rings is 7. The third-order valence-electron chi connectivity index (χ3n) is 8.98. The van der Waals surface area contributed by atoms with Crippen molar-refractivity contribution in [3.05, 3.63) is 133 Å². The van der Waals surface area contributed by atoms with E-state index in [1.807, 2.05) is 0 Å². The average molecular weight is 507 g/mol. The smallest absolute Gasteiger partial charge is 0.0789 e. The predicted octanol–water partition coefficient (Wildman–Crippen LogP) is 10.3. The first kappa shape index (κ1) is 20.6. The van der Waals surface area contributed by atoms with Gasteiger partial charge in [0.2, 0.25) is 0 Å². The normalized spacial score (nSPS) is 12.5. The standard InChI is InChI=1S/C38H22N2/c1-3-13-25-23(11-1)21-30-27-15-5-8-18-31(27)39-32-19-9-7-17-29(32)36-26-14-4-2-12-24(26)22-34(38(36)39)40-33-20-10-6-16-28(33)35(25)37(30)40/h1-22H. The van der Waals surface area contributed by atoms with Crippen LogP contribution in [0.3, 0.4) is 0 Å². The number of para-hydroxylation sites is 3. The molecular weight excluding hydrogens is 484 g/mol. The van der Waals surface area contributed by atoms with Gasteiger partial charge in [0.25, 0.3) is 0 Å². The number of fused-ring (bicyclic) bond motifs is 14. The minimum atomic E-state index is 1.22. The Morgan fingerprint density at radius 3 is 1.35 bits per heavy atom. The van der Waals surface area contributed by atoms with Crippen LogP contribution in [-0.4, -0.2) is 8.80 Å². The van der Waals surface area contributed by atoms with Crippen molar-refractivity contribution in [2.75, 3.05) is 0 Å². The van der Waals surface area contributed by atoms with Crippen molar-refractivity contribution in [3.63, 3.8) is 0 Å². The van der Waals surface area contributed by atoms with Crippen LogP contribution in [0, 0.1) is 0 Å². The van der Waals surface area contributed by atoms with Gasteiger partial charge in [-0.3, -0.25) is 0 Å². The molecule has 0 fully saturated rings. The van der Waals surface area contributed by atoms with Gasteiger partial charge in [-0.15, -0.1) is 0 Å². The second kappa shape index (κ2) is 7.19. The van der Waals surface area contributed by atoms with Crippen molar-refractivity contribution in [1.82, 2.24) is 8.80 Å². The summed E-state index contributed by atoms with van der Waals surface area (Å²) in [6.45, 7) is 0. The molecule has 2 nitrogen and oxygen atoms in total. The number of rotatable bonds is 0. The van der Waals surface area contributed by atoms with E-state index >= 15 is 0 Å². The summed E-state index contributed by atoms with van der Waals surface area (Å²) in [5, 5.41) is 12.9. The van der Waals surface area contributed by atoms with Gasteiger partial charge in [0.15, 0.2) is 0 Å². The lowest BCUT2D eigenvalue weighted by Gasteiger charge is -2.13. The molecule has 40 heavy (non-hydrogen) atoms. The Hall–Kier alpha value is -5.34. The van der Waals surface area contributed by atoms with Crippen LogP contribution in [-0.2, 0) is 0 Å². The van der Waals surface area contributed by atoms with Gasteiger partial charge in [0, 0.05) is 32.3 Å². The minimum absolute atomic E-state index is 1.22. The third-order valence-corrected chi connectivity index (χ3v) is 8.98. The Morgan fingerprint density at radius 2 is 0.725 bits per heavy atom. The zero-order chi connectivity index (χ0) is 25.9. The second-order valence-corrected chi connectivity index (χ2v) is 10.9. The molecule has 0 aliphatic carbocycles. The van der Waals surface area contributed by atoms with Gasteiger partial charge in [-0.25, -0.2) is 0 Å². The van der Waals surface area contributed by atoms with E-state index in [0.717, 1.165) is 0 Å². The molecule has 0 unspecified atom stereocenters. The lowest BCUT2D eigenvalue weighted by atomic mass is 9.99. The van der Waals surface area contributed by atoms with Crippen LogP contribution in [0.5, 0.6) is 0 Å². The number of hydrogen-bond donors (Lipinski definition) is 0. The topological polar surface area (TPSA) is 8.82 Å². The van der Waals surface area contributed by atoms with E-state index < -0.39 is 0 Å². The monoisotopic (exact) mass is 506 g/mol. The molecule has 0 radical (unpaired) electrons. The molecule has 7 aromatic carbocycles. The Morgan fingerprint density at radius 1 is 0.300 bits per heavy atom. The lowest BCUT2D eigenvalue weighted by Crippen LogP contribution is -1.95. The van der Waals surface area contributed by atoms with Crippen LogP contribution in [0.1, 0.15) is 0 Å². The first-order valence-corrected chi connectivity index (χ1v) is 13.9. The summed E-state index contributed by atoms with van der Waals surface area (Å²) in [6, 6.07) is 49.3. The minimum Gasteiger partial charge on any atom is -0.307 e. The molecule has 0 spiro atoms. The summed E-state index contributed by atoms with van der Waals surface area (Å²) in [7, 11) is 0. The molecule has 2 heteroatoms. The molecule has 0 saturated heterocycles. The van der Waals surface area contributed by atoms with Gasteiger partial charge in [0.1, 0.15) is 0 Å². The SMILES string of the molecule is c1ccc2c(c1)cc1c3ccccc3n3c4ccccc4c4c5ccccc5cc(c43)n3c4ccccc4c2c13. The average Bonchev–Trinajstić information content (AvgIpc) is 3.54. The summed E-state index contributed by atoms with van der Waals surface area (Å²) in [4.78, 5) is 0. The molecule has 3 heterocycles. The Kier molecular flexibility index (Phi) is 3.70. The van der Waals surface area contributed by atoms with E-state index in [2.05, 4.69) is 142 Å². The number of aromatic nitrogens is 2. The molecule has 10 rings (SSSR count). The maximum Gasteiger partial charge on any atom is 0.0789 e. The highest BCUT2D eigenvalue weighted by atomic mass is 15.0. The maximum absolute atomic E-state index is 2.55. The van der Waals surface area contributed by atoms with E-state index in [-0.39, 0.29) is 0 Å². The predicted molar refractivity (Wildman–Crippen MR) is 171 cm³/mol. The van der Waals surface area contributed by atoms with E-state index in [1.165, 1.54) is 87.0 Å². The quantitative estimate of drug-likeness (QED) is 0.193. The van der Waals surface area contributed by atoms with Crippen LogP contribution in [0.2, 0.25) is 0 Å². The Labute approximate surface area is 228 Å². The second-order valence-electron chi connectivity index (χ2n) is 10.9. The molecule has 0 saturated carbocycles. The van der Waals surface area contributed by atoms with E-state index in [9.17, 15) is 0 Å². The highest BCUT2D eigenvalue weighted by Gasteiger charge is 2.21. The summed E-state index contributed by atoms with van der Waals surface area (Å²) in [5.41, 5.74) is 7.46. The highest BCUT2D eigenvalue weighted by Crippen LogP contribution is 2.44. The van der Waals surface area contributed by atoms with Crippen LogP contribution in [0.4, 0.5) is 0 Å². The first-order valence-electron chi connectivity index (χ1n) is 13.9. The number of hydrogen-bond acceptors (Lipinski definition) is 0. The first-order chi connectivity index (χ1) is 19.9. The van der Waals surface area contributed by atoms with Crippen molar-refractivity contribution in [2.45, 2.75) is 0 Å². The largest absolute Gasteiger partial charge is 0.307 e. The fraction of sp³-hybridized carbons (Fsp3) is 0. The molecule has 3 aromatic heterocycles. The van der Waals surface area contributed by atoms with Crippen molar-refractivity contribution < 1.29 is 0 Å². The summed E-state index contributed by atoms with van der Waals surface area (Å²) < 4.78 is 5.06. The van der Waals surface area contributed by atoms with E-state index in [1.54, 1.807) is 0 Å². The van der Waals surface area contributed by atoms with Crippen LogP contribution in [0.15, 0.2) is 133 Å². The van der Waals surface area contributed by atoms with Crippen molar-refractivity contribution in [1.29, 1.82) is 0 Å². The van der Waals surface area contributed by atoms with Gasteiger partial charge in [-0.1, -0.05) is 103 Å². The molecule has 0 atom stereocenters. The zero-order valence-electron chi connectivity index (χ0n) is 21.6. The summed E-state index contributed by atoms with van der Waals surface area (Å²) in [6.07, 6.45) is 0. The molecule has 0 amide bonds. The molecule has 184 valence electrons. The third kappa shape index (κ3) is 2.36. The Bertz CT molecular complexity index is 2700. The molecule has 0 bridgehead atoms. The molecule has 0 aliphatic rings. The van der Waals surface area contributed by atoms with Gasteiger partial charge >= 0.3 is 0 Å². The van der Waals surface area contributed by atoms with Crippen molar-refractivity contribution in [3.8, 4) is 0 Å². The van der Waals surface area contributed by atoms with Gasteiger partial charge < -0.3 is 8.80 Å². The number of nitrogens with zero attached hydrogens (tertiary/aromatic N) is 2. The van der Waals surface area contributed by atoms with Crippen LogP contribution in [0.25, 0.3) is 87.0 Å². The fourth-order valence-corrected chi connectivity index (χ4v) is 7.44. The molecule has 0 aliphatic heterocycles. The summed E-state index contributed by atoms with van der Waals surface area (Å²) in [5.74, 6) is 0. The molecule has 0 N–H and O–H groups in total.